The van der Waals surface area contributed by atoms with Crippen LogP contribution in [-0.4, -0.2) is 28.8 Å². The number of aliphatic hydroxyl groups excluding tert-OH is 1. The highest BCUT2D eigenvalue weighted by atomic mass is 19.4. The molecule has 1 aromatic rings. The topological polar surface area (TPSA) is 66.6 Å². The Labute approximate surface area is 119 Å². The van der Waals surface area contributed by atoms with Crippen LogP contribution in [0.2, 0.25) is 0 Å². The van der Waals surface area contributed by atoms with E-state index >= 15 is 0 Å². The molecular formula is C13H15F3N2O3. The van der Waals surface area contributed by atoms with E-state index in [1.54, 1.807) is 0 Å². The van der Waals surface area contributed by atoms with Gasteiger partial charge in [-0.25, -0.2) is 0 Å². The standard InChI is InChI=1S/C13H15F3N2O3/c1-8(19)9-2-5-11(12(6-9)18(20)21)17(10-3-4-10)7-13(14,15)16/h2,5-6,8,10,19H,3-4,7H2,1H3. The summed E-state index contributed by atoms with van der Waals surface area (Å²) in [6, 6.07) is 3.51. The molecule has 1 aliphatic carbocycles. The number of anilines is 1. The zero-order valence-corrected chi connectivity index (χ0v) is 11.3. The van der Waals surface area contributed by atoms with E-state index in [2.05, 4.69) is 0 Å². The van der Waals surface area contributed by atoms with Crippen molar-refractivity contribution in [3.63, 3.8) is 0 Å². The van der Waals surface area contributed by atoms with Crippen LogP contribution in [0.15, 0.2) is 18.2 Å². The lowest BCUT2D eigenvalue weighted by atomic mass is 10.1. The summed E-state index contributed by atoms with van der Waals surface area (Å²) < 4.78 is 38.0. The summed E-state index contributed by atoms with van der Waals surface area (Å²) in [5, 5.41) is 20.6. The Balaban J connectivity index is 2.42. The SMILES string of the molecule is CC(O)c1ccc(N(CC(F)(F)F)C2CC2)c([N+](=O)[O-])c1. The van der Waals surface area contributed by atoms with Crippen molar-refractivity contribution >= 4 is 11.4 Å². The summed E-state index contributed by atoms with van der Waals surface area (Å²) in [7, 11) is 0. The third kappa shape index (κ3) is 3.84. The number of rotatable bonds is 5. The van der Waals surface area contributed by atoms with Crippen molar-refractivity contribution in [2.75, 3.05) is 11.4 Å². The molecule has 5 nitrogen and oxygen atoms in total. The minimum Gasteiger partial charge on any atom is -0.389 e. The third-order valence-corrected chi connectivity index (χ3v) is 3.33. The number of hydrogen-bond donors (Lipinski definition) is 1. The van der Waals surface area contributed by atoms with Crippen LogP contribution in [0.4, 0.5) is 24.5 Å². The van der Waals surface area contributed by atoms with Crippen LogP contribution in [0.5, 0.6) is 0 Å². The first-order valence-corrected chi connectivity index (χ1v) is 6.49. The van der Waals surface area contributed by atoms with E-state index in [0.717, 1.165) is 11.0 Å². The number of aliphatic hydroxyl groups is 1. The molecule has 1 atom stereocenters. The molecule has 1 aliphatic rings. The molecule has 116 valence electrons. The van der Waals surface area contributed by atoms with Crippen LogP contribution >= 0.6 is 0 Å². The van der Waals surface area contributed by atoms with Crippen molar-refractivity contribution in [1.29, 1.82) is 0 Å². The lowest BCUT2D eigenvalue weighted by Crippen LogP contribution is -2.36. The average Bonchev–Trinajstić information content (AvgIpc) is 3.18. The molecule has 0 aromatic heterocycles. The van der Waals surface area contributed by atoms with Crippen molar-refractivity contribution in [1.82, 2.24) is 0 Å². The molecule has 0 aliphatic heterocycles. The number of nitrogens with zero attached hydrogens (tertiary/aromatic N) is 2. The molecule has 0 saturated heterocycles. The minimum absolute atomic E-state index is 0.0516. The number of nitro benzene ring substituents is 1. The van der Waals surface area contributed by atoms with Crippen LogP contribution < -0.4 is 4.90 Å². The molecule has 1 saturated carbocycles. The maximum Gasteiger partial charge on any atom is 0.405 e. The van der Waals surface area contributed by atoms with E-state index in [-0.39, 0.29) is 11.7 Å². The molecule has 0 heterocycles. The van der Waals surface area contributed by atoms with Crippen LogP contribution in [0.25, 0.3) is 0 Å². The molecule has 0 spiro atoms. The van der Waals surface area contributed by atoms with Gasteiger partial charge in [0.2, 0.25) is 0 Å². The number of benzene rings is 1. The van der Waals surface area contributed by atoms with Gasteiger partial charge in [0, 0.05) is 12.1 Å². The number of hydrogen-bond acceptors (Lipinski definition) is 4. The Morgan fingerprint density at radius 1 is 1.48 bits per heavy atom. The largest absolute Gasteiger partial charge is 0.405 e. The van der Waals surface area contributed by atoms with Crippen molar-refractivity contribution in [2.45, 2.75) is 38.1 Å². The molecule has 2 rings (SSSR count). The van der Waals surface area contributed by atoms with Gasteiger partial charge in [0.15, 0.2) is 0 Å². The fourth-order valence-corrected chi connectivity index (χ4v) is 2.18. The molecule has 1 N–H and O–H groups in total. The lowest BCUT2D eigenvalue weighted by molar-refractivity contribution is -0.384. The van der Waals surface area contributed by atoms with Gasteiger partial charge in [0.25, 0.3) is 5.69 Å². The summed E-state index contributed by atoms with van der Waals surface area (Å²) in [6.45, 7) is 0.222. The monoisotopic (exact) mass is 304 g/mol. The maximum absolute atomic E-state index is 12.7. The van der Waals surface area contributed by atoms with Crippen LogP contribution in [0, 0.1) is 10.1 Å². The van der Waals surface area contributed by atoms with E-state index < -0.39 is 29.4 Å². The summed E-state index contributed by atoms with van der Waals surface area (Å²) in [6.07, 6.45) is -4.18. The molecule has 0 bridgehead atoms. The Kier molecular flexibility index (Phi) is 4.08. The third-order valence-electron chi connectivity index (χ3n) is 3.33. The minimum atomic E-state index is -4.43. The van der Waals surface area contributed by atoms with Crippen molar-refractivity contribution in [3.8, 4) is 0 Å². The summed E-state index contributed by atoms with van der Waals surface area (Å²) in [4.78, 5) is 11.4. The first-order chi connectivity index (χ1) is 9.69. The second kappa shape index (κ2) is 5.51. The Morgan fingerprint density at radius 2 is 2.10 bits per heavy atom. The predicted octanol–water partition coefficient (Wildman–Crippen LogP) is 3.18. The predicted molar refractivity (Wildman–Crippen MR) is 70.2 cm³/mol. The van der Waals surface area contributed by atoms with Crippen molar-refractivity contribution in [3.05, 3.63) is 33.9 Å². The normalized spacial score (nSPS) is 16.6. The zero-order valence-electron chi connectivity index (χ0n) is 11.3. The van der Waals surface area contributed by atoms with E-state index in [1.807, 2.05) is 0 Å². The second-order valence-electron chi connectivity index (χ2n) is 5.16. The van der Waals surface area contributed by atoms with E-state index in [1.165, 1.54) is 19.1 Å². The molecule has 8 heteroatoms. The van der Waals surface area contributed by atoms with Gasteiger partial charge >= 0.3 is 6.18 Å². The van der Waals surface area contributed by atoms with Gasteiger partial charge in [-0.1, -0.05) is 6.07 Å². The summed E-state index contributed by atoms with van der Waals surface area (Å²) in [5.41, 5.74) is -0.165. The quantitative estimate of drug-likeness (QED) is 0.670. The van der Waals surface area contributed by atoms with Gasteiger partial charge in [0.1, 0.15) is 12.2 Å². The van der Waals surface area contributed by atoms with Gasteiger partial charge in [-0.05, 0) is 31.4 Å². The molecule has 1 fully saturated rings. The Bertz CT molecular complexity index is 542. The zero-order chi connectivity index (χ0) is 15.8. The van der Waals surface area contributed by atoms with Gasteiger partial charge < -0.3 is 10.0 Å². The number of halogens is 3. The number of alkyl halides is 3. The maximum atomic E-state index is 12.7. The van der Waals surface area contributed by atoms with E-state index in [0.29, 0.717) is 18.4 Å². The van der Waals surface area contributed by atoms with Crippen LogP contribution in [0.1, 0.15) is 31.4 Å². The van der Waals surface area contributed by atoms with Gasteiger partial charge in [-0.2, -0.15) is 13.2 Å². The molecule has 0 radical (unpaired) electrons. The first kappa shape index (κ1) is 15.6. The fraction of sp³-hybridized carbons (Fsp3) is 0.538. The Morgan fingerprint density at radius 3 is 2.52 bits per heavy atom. The van der Waals surface area contributed by atoms with Crippen molar-refractivity contribution < 1.29 is 23.2 Å². The van der Waals surface area contributed by atoms with Gasteiger partial charge in [-0.3, -0.25) is 10.1 Å². The molecule has 0 amide bonds. The van der Waals surface area contributed by atoms with Crippen LogP contribution in [-0.2, 0) is 0 Å². The highest BCUT2D eigenvalue weighted by Gasteiger charge is 2.40. The van der Waals surface area contributed by atoms with E-state index in [9.17, 15) is 28.4 Å². The van der Waals surface area contributed by atoms with Crippen LogP contribution in [0.3, 0.4) is 0 Å². The highest BCUT2D eigenvalue weighted by molar-refractivity contribution is 5.65. The molecule has 1 aromatic carbocycles. The first-order valence-electron chi connectivity index (χ1n) is 6.49. The number of nitro groups is 1. The van der Waals surface area contributed by atoms with Gasteiger partial charge in [-0.15, -0.1) is 0 Å². The highest BCUT2D eigenvalue weighted by Crippen LogP contribution is 2.39. The van der Waals surface area contributed by atoms with E-state index in [4.69, 9.17) is 0 Å². The van der Waals surface area contributed by atoms with Crippen molar-refractivity contribution in [2.24, 2.45) is 0 Å². The second-order valence-corrected chi connectivity index (χ2v) is 5.16. The average molecular weight is 304 g/mol. The summed E-state index contributed by atoms with van der Waals surface area (Å²) >= 11 is 0. The smallest absolute Gasteiger partial charge is 0.389 e. The molecule has 1 unspecified atom stereocenters. The summed E-state index contributed by atoms with van der Waals surface area (Å²) in [5.74, 6) is 0. The fourth-order valence-electron chi connectivity index (χ4n) is 2.18. The Hall–Kier alpha value is -1.83. The molecule has 21 heavy (non-hydrogen) atoms. The lowest BCUT2D eigenvalue weighted by Gasteiger charge is -2.25. The molecular weight excluding hydrogens is 289 g/mol. The van der Waals surface area contributed by atoms with Gasteiger partial charge in [0.05, 0.1) is 11.0 Å².